The molecular weight excluding hydrogens is 186 g/mol. The van der Waals surface area contributed by atoms with Gasteiger partial charge in [-0.15, -0.1) is 0 Å². The van der Waals surface area contributed by atoms with E-state index in [-0.39, 0.29) is 6.61 Å². The highest BCUT2D eigenvalue weighted by Crippen LogP contribution is 2.12. The van der Waals surface area contributed by atoms with Gasteiger partial charge in [0.1, 0.15) is 0 Å². The van der Waals surface area contributed by atoms with Crippen molar-refractivity contribution in [2.45, 2.75) is 11.5 Å². The van der Waals surface area contributed by atoms with Crippen LogP contribution in [-0.4, -0.2) is 22.6 Å². The van der Waals surface area contributed by atoms with Gasteiger partial charge in [0.2, 0.25) is 0 Å². The number of hydrogen-bond donors (Lipinski definition) is 1. The van der Waals surface area contributed by atoms with Gasteiger partial charge in [-0.05, 0) is 17.7 Å². The molecular formula is C9H13NO2S. The van der Waals surface area contributed by atoms with Crippen molar-refractivity contribution >= 4 is 9.73 Å². The van der Waals surface area contributed by atoms with E-state index in [4.69, 9.17) is 5.11 Å². The summed E-state index contributed by atoms with van der Waals surface area (Å²) in [6.07, 6.45) is 1.59. The predicted octanol–water partition coefficient (Wildman–Crippen LogP) is 1.27. The lowest BCUT2D eigenvalue weighted by Crippen LogP contribution is -1.97. The fraction of sp³-hybridized carbons (Fsp3) is 0.333. The van der Waals surface area contributed by atoms with E-state index in [1.807, 2.05) is 0 Å². The minimum absolute atomic E-state index is 0.0346. The van der Waals surface area contributed by atoms with Crippen molar-refractivity contribution < 1.29 is 9.32 Å². The second-order valence-corrected chi connectivity index (χ2v) is 5.23. The van der Waals surface area contributed by atoms with Crippen LogP contribution in [0.5, 0.6) is 0 Å². The molecule has 0 heterocycles. The maximum atomic E-state index is 11.8. The van der Waals surface area contributed by atoms with Gasteiger partial charge in [0, 0.05) is 18.2 Å². The van der Waals surface area contributed by atoms with Gasteiger partial charge in [0.25, 0.3) is 0 Å². The molecule has 1 aromatic carbocycles. The molecule has 1 aromatic rings. The van der Waals surface area contributed by atoms with Gasteiger partial charge >= 0.3 is 0 Å². The molecule has 0 spiro atoms. The Hall–Kier alpha value is -0.870. The molecule has 1 unspecified atom stereocenters. The standard InChI is InChI=1S/C9H13NO2S/c1-10-13(2,12)9-5-3-4-8(6-9)7-11/h3-6,11H,7H2,1-2H3. The summed E-state index contributed by atoms with van der Waals surface area (Å²) in [6.45, 7) is -0.0346. The van der Waals surface area contributed by atoms with E-state index < -0.39 is 9.73 Å². The molecule has 0 amide bonds. The van der Waals surface area contributed by atoms with Gasteiger partial charge in [0.15, 0.2) is 0 Å². The van der Waals surface area contributed by atoms with Crippen molar-refractivity contribution in [3.8, 4) is 0 Å². The summed E-state index contributed by atoms with van der Waals surface area (Å²) >= 11 is 0. The lowest BCUT2D eigenvalue weighted by atomic mass is 10.2. The molecule has 4 heteroatoms. The van der Waals surface area contributed by atoms with E-state index in [9.17, 15) is 4.21 Å². The zero-order valence-electron chi connectivity index (χ0n) is 7.73. The summed E-state index contributed by atoms with van der Waals surface area (Å²) in [5, 5.41) is 8.88. The minimum atomic E-state index is -2.27. The second kappa shape index (κ2) is 3.89. The molecule has 0 radical (unpaired) electrons. The lowest BCUT2D eigenvalue weighted by Gasteiger charge is -2.04. The summed E-state index contributed by atoms with van der Waals surface area (Å²) in [5.74, 6) is 0. The highest BCUT2D eigenvalue weighted by Gasteiger charge is 2.04. The molecule has 0 aromatic heterocycles. The molecule has 0 fully saturated rings. The Bertz CT molecular complexity index is 406. The van der Waals surface area contributed by atoms with Crippen molar-refractivity contribution in [1.82, 2.24) is 0 Å². The first-order valence-electron chi connectivity index (χ1n) is 3.90. The largest absolute Gasteiger partial charge is 0.392 e. The molecule has 0 saturated carbocycles. The van der Waals surface area contributed by atoms with E-state index in [1.165, 1.54) is 7.05 Å². The highest BCUT2D eigenvalue weighted by molar-refractivity contribution is 7.93. The van der Waals surface area contributed by atoms with E-state index in [1.54, 1.807) is 30.5 Å². The van der Waals surface area contributed by atoms with Gasteiger partial charge in [-0.3, -0.25) is 0 Å². The fourth-order valence-corrected chi connectivity index (χ4v) is 1.90. The molecule has 0 aliphatic rings. The maximum absolute atomic E-state index is 11.8. The Morgan fingerprint density at radius 2 is 2.23 bits per heavy atom. The Kier molecular flexibility index (Phi) is 3.06. The first-order valence-corrected chi connectivity index (χ1v) is 5.82. The van der Waals surface area contributed by atoms with Crippen molar-refractivity contribution in [2.75, 3.05) is 13.3 Å². The zero-order chi connectivity index (χ0) is 9.90. The first kappa shape index (κ1) is 10.2. The maximum Gasteiger partial charge on any atom is 0.0720 e. The van der Waals surface area contributed by atoms with Gasteiger partial charge < -0.3 is 5.11 Å². The third kappa shape index (κ3) is 2.29. The van der Waals surface area contributed by atoms with Crippen LogP contribution in [0.15, 0.2) is 33.5 Å². The third-order valence-electron chi connectivity index (χ3n) is 1.87. The van der Waals surface area contributed by atoms with Crippen LogP contribution in [0.4, 0.5) is 0 Å². The van der Waals surface area contributed by atoms with Crippen LogP contribution in [0.2, 0.25) is 0 Å². The van der Waals surface area contributed by atoms with Crippen molar-refractivity contribution in [2.24, 2.45) is 4.36 Å². The third-order valence-corrected chi connectivity index (χ3v) is 3.69. The lowest BCUT2D eigenvalue weighted by molar-refractivity contribution is 0.281. The molecule has 1 N–H and O–H groups in total. The SMILES string of the molecule is CN=S(C)(=O)c1cccc(CO)c1. The van der Waals surface area contributed by atoms with Crippen molar-refractivity contribution in [1.29, 1.82) is 0 Å². The Morgan fingerprint density at radius 1 is 1.54 bits per heavy atom. The topological polar surface area (TPSA) is 49.7 Å². The van der Waals surface area contributed by atoms with Crippen LogP contribution in [0.1, 0.15) is 5.56 Å². The average molecular weight is 199 g/mol. The van der Waals surface area contributed by atoms with Crippen molar-refractivity contribution in [3.63, 3.8) is 0 Å². The number of benzene rings is 1. The van der Waals surface area contributed by atoms with Crippen LogP contribution >= 0.6 is 0 Å². The molecule has 0 bridgehead atoms. The van der Waals surface area contributed by atoms with E-state index >= 15 is 0 Å². The van der Waals surface area contributed by atoms with Gasteiger partial charge in [-0.2, -0.15) is 0 Å². The molecule has 72 valence electrons. The Balaban J connectivity index is 3.25. The summed E-state index contributed by atoms with van der Waals surface area (Å²) < 4.78 is 15.6. The first-order chi connectivity index (χ1) is 6.10. The average Bonchev–Trinajstić information content (AvgIpc) is 2.18. The molecule has 0 saturated heterocycles. The smallest absolute Gasteiger partial charge is 0.0720 e. The normalized spacial score (nSPS) is 15.0. The minimum Gasteiger partial charge on any atom is -0.392 e. The predicted molar refractivity (Wildman–Crippen MR) is 53.0 cm³/mol. The summed E-state index contributed by atoms with van der Waals surface area (Å²) in [4.78, 5) is 0.668. The Morgan fingerprint density at radius 3 is 2.77 bits per heavy atom. The summed E-state index contributed by atoms with van der Waals surface area (Å²) in [6, 6.07) is 7.04. The number of hydrogen-bond acceptors (Lipinski definition) is 3. The van der Waals surface area contributed by atoms with E-state index in [0.717, 1.165) is 5.56 Å². The molecule has 1 rings (SSSR count). The van der Waals surface area contributed by atoms with Crippen LogP contribution < -0.4 is 0 Å². The number of aliphatic hydroxyl groups excluding tert-OH is 1. The monoisotopic (exact) mass is 199 g/mol. The quantitative estimate of drug-likeness (QED) is 0.779. The van der Waals surface area contributed by atoms with Gasteiger partial charge in [-0.1, -0.05) is 12.1 Å². The molecule has 13 heavy (non-hydrogen) atoms. The van der Waals surface area contributed by atoms with E-state index in [2.05, 4.69) is 4.36 Å². The zero-order valence-corrected chi connectivity index (χ0v) is 8.54. The number of nitrogens with zero attached hydrogens (tertiary/aromatic N) is 1. The van der Waals surface area contributed by atoms with Crippen LogP contribution in [0.3, 0.4) is 0 Å². The van der Waals surface area contributed by atoms with E-state index in [0.29, 0.717) is 4.90 Å². The van der Waals surface area contributed by atoms with Gasteiger partial charge in [-0.25, -0.2) is 8.57 Å². The molecule has 0 aliphatic heterocycles. The van der Waals surface area contributed by atoms with Gasteiger partial charge in [0.05, 0.1) is 16.3 Å². The fourth-order valence-electron chi connectivity index (χ4n) is 0.985. The number of aliphatic hydroxyl groups is 1. The highest BCUT2D eigenvalue weighted by atomic mass is 32.2. The molecule has 1 atom stereocenters. The van der Waals surface area contributed by atoms with Crippen LogP contribution in [0.25, 0.3) is 0 Å². The molecule has 3 nitrogen and oxygen atoms in total. The Labute approximate surface area is 78.6 Å². The van der Waals surface area contributed by atoms with Crippen LogP contribution in [0, 0.1) is 0 Å². The summed E-state index contributed by atoms with van der Waals surface area (Å²) in [7, 11) is -0.731. The second-order valence-electron chi connectivity index (χ2n) is 2.79. The summed E-state index contributed by atoms with van der Waals surface area (Å²) in [5.41, 5.74) is 0.760. The van der Waals surface area contributed by atoms with Crippen LogP contribution in [-0.2, 0) is 16.3 Å². The number of rotatable bonds is 2. The molecule has 0 aliphatic carbocycles. The van der Waals surface area contributed by atoms with Crippen molar-refractivity contribution in [3.05, 3.63) is 29.8 Å².